The Bertz CT molecular complexity index is 909. The molecule has 1 aromatic heterocycles. The Balaban J connectivity index is 1.46. The normalized spacial score (nSPS) is 25.8. The molecule has 10 heteroatoms. The summed E-state index contributed by atoms with van der Waals surface area (Å²) in [6.45, 7) is 1.23. The number of fused-ring (bicyclic) bond motifs is 1. The smallest absolute Gasteiger partial charge is 0.332 e. The van der Waals surface area contributed by atoms with Gasteiger partial charge >= 0.3 is 6.18 Å². The van der Waals surface area contributed by atoms with E-state index in [1.807, 2.05) is 4.90 Å². The van der Waals surface area contributed by atoms with Crippen molar-refractivity contribution in [3.05, 3.63) is 52.9 Å². The molecule has 3 atom stereocenters. The van der Waals surface area contributed by atoms with Crippen LogP contribution in [0, 0.1) is 17.5 Å². The Morgan fingerprint density at radius 1 is 1.00 bits per heavy atom. The minimum Gasteiger partial charge on any atom is -0.332 e. The highest BCUT2D eigenvalue weighted by molar-refractivity contribution is 5.26. The van der Waals surface area contributed by atoms with Crippen LogP contribution < -0.4 is 5.73 Å². The Morgan fingerprint density at radius 2 is 1.72 bits per heavy atom. The van der Waals surface area contributed by atoms with Crippen molar-refractivity contribution in [1.29, 1.82) is 0 Å². The molecule has 0 radical (unpaired) electrons. The van der Waals surface area contributed by atoms with Crippen molar-refractivity contribution in [3.8, 4) is 0 Å². The number of hydrogen-bond donors (Lipinski definition) is 1. The standard InChI is InChI=1S/C19H20F6N4/c20-13-7-15(22)14(21)6-12(13)11-2-1-10(5-16(11)26)28-3-4-29-8-17(19(23,24)25)27-18(29)9-28/h6-8,10-11,16H,1-5,9,26H2. The van der Waals surface area contributed by atoms with E-state index in [9.17, 15) is 26.3 Å². The van der Waals surface area contributed by atoms with E-state index in [-0.39, 0.29) is 18.2 Å². The van der Waals surface area contributed by atoms with Crippen LogP contribution >= 0.6 is 0 Å². The molecule has 0 saturated heterocycles. The van der Waals surface area contributed by atoms with Crippen molar-refractivity contribution in [2.45, 2.75) is 56.5 Å². The van der Waals surface area contributed by atoms with E-state index in [2.05, 4.69) is 4.98 Å². The fourth-order valence-corrected chi connectivity index (χ4v) is 4.44. The van der Waals surface area contributed by atoms with Crippen molar-refractivity contribution in [2.24, 2.45) is 5.73 Å². The third kappa shape index (κ3) is 3.87. The molecule has 4 rings (SSSR count). The zero-order valence-electron chi connectivity index (χ0n) is 15.4. The second kappa shape index (κ2) is 7.32. The van der Waals surface area contributed by atoms with Crippen molar-refractivity contribution < 1.29 is 26.3 Å². The second-order valence-electron chi connectivity index (χ2n) is 7.73. The number of benzene rings is 1. The first kappa shape index (κ1) is 20.2. The summed E-state index contributed by atoms with van der Waals surface area (Å²) in [5, 5.41) is 0. The molecule has 2 aromatic rings. The average molecular weight is 418 g/mol. The molecule has 158 valence electrons. The highest BCUT2D eigenvalue weighted by Crippen LogP contribution is 2.37. The van der Waals surface area contributed by atoms with Crippen LogP contribution in [-0.2, 0) is 19.3 Å². The van der Waals surface area contributed by atoms with Gasteiger partial charge < -0.3 is 10.3 Å². The molecule has 2 aliphatic rings. The van der Waals surface area contributed by atoms with Gasteiger partial charge in [-0.05, 0) is 30.9 Å². The predicted octanol–water partition coefficient (Wildman–Crippen LogP) is 3.80. The van der Waals surface area contributed by atoms with Gasteiger partial charge in [-0.3, -0.25) is 4.90 Å². The first-order valence-electron chi connectivity index (χ1n) is 9.41. The minimum atomic E-state index is -4.48. The van der Waals surface area contributed by atoms with Crippen molar-refractivity contribution in [1.82, 2.24) is 14.5 Å². The largest absolute Gasteiger partial charge is 0.434 e. The molecule has 0 spiro atoms. The van der Waals surface area contributed by atoms with Gasteiger partial charge in [0, 0.05) is 43.4 Å². The Morgan fingerprint density at radius 3 is 2.41 bits per heavy atom. The van der Waals surface area contributed by atoms with Crippen LogP contribution in [0.5, 0.6) is 0 Å². The maximum absolute atomic E-state index is 14.1. The van der Waals surface area contributed by atoms with Crippen LogP contribution in [0.25, 0.3) is 0 Å². The molecule has 0 bridgehead atoms. The lowest BCUT2D eigenvalue weighted by Crippen LogP contribution is -2.48. The molecule has 4 nitrogen and oxygen atoms in total. The fraction of sp³-hybridized carbons (Fsp3) is 0.526. The second-order valence-corrected chi connectivity index (χ2v) is 7.73. The molecule has 2 N–H and O–H groups in total. The number of alkyl halides is 3. The average Bonchev–Trinajstić information content (AvgIpc) is 3.09. The van der Waals surface area contributed by atoms with E-state index >= 15 is 0 Å². The molecule has 3 unspecified atom stereocenters. The van der Waals surface area contributed by atoms with Gasteiger partial charge in [0.2, 0.25) is 0 Å². The van der Waals surface area contributed by atoms with Gasteiger partial charge in [0.15, 0.2) is 17.3 Å². The maximum Gasteiger partial charge on any atom is 0.434 e. The minimum absolute atomic E-state index is 0.00870. The molecule has 2 heterocycles. The number of nitrogens with zero attached hydrogens (tertiary/aromatic N) is 3. The molecular formula is C19H20F6N4. The lowest BCUT2D eigenvalue weighted by Gasteiger charge is -2.41. The molecule has 1 saturated carbocycles. The summed E-state index contributed by atoms with van der Waals surface area (Å²) < 4.78 is 81.0. The summed E-state index contributed by atoms with van der Waals surface area (Å²) in [7, 11) is 0. The van der Waals surface area contributed by atoms with Gasteiger partial charge in [0.25, 0.3) is 0 Å². The van der Waals surface area contributed by atoms with E-state index in [4.69, 9.17) is 5.73 Å². The van der Waals surface area contributed by atoms with Crippen molar-refractivity contribution in [2.75, 3.05) is 6.54 Å². The van der Waals surface area contributed by atoms with Crippen LogP contribution in [-0.4, -0.2) is 33.1 Å². The zero-order valence-corrected chi connectivity index (χ0v) is 15.4. The Kier molecular flexibility index (Phi) is 5.10. The van der Waals surface area contributed by atoms with Gasteiger partial charge in [-0.1, -0.05) is 0 Å². The van der Waals surface area contributed by atoms with E-state index < -0.39 is 41.3 Å². The number of nitrogens with two attached hydrogens (primary N) is 1. The van der Waals surface area contributed by atoms with Crippen LogP contribution in [0.3, 0.4) is 0 Å². The maximum atomic E-state index is 14.1. The molecule has 1 aromatic carbocycles. The summed E-state index contributed by atoms with van der Waals surface area (Å²) in [6.07, 6.45) is -1.86. The SMILES string of the molecule is NC1CC(N2CCn3cc(C(F)(F)F)nc3C2)CCC1c1cc(F)c(F)cc1F. The van der Waals surface area contributed by atoms with Gasteiger partial charge in [-0.25, -0.2) is 18.2 Å². The lowest BCUT2D eigenvalue weighted by molar-refractivity contribution is -0.141. The highest BCUT2D eigenvalue weighted by Gasteiger charge is 2.38. The third-order valence-corrected chi connectivity index (χ3v) is 5.95. The summed E-state index contributed by atoms with van der Waals surface area (Å²) >= 11 is 0. The fourth-order valence-electron chi connectivity index (χ4n) is 4.44. The molecule has 1 aliphatic heterocycles. The number of imidazole rings is 1. The number of rotatable bonds is 2. The Labute approximate surface area is 163 Å². The zero-order chi connectivity index (χ0) is 20.9. The van der Waals surface area contributed by atoms with Crippen LogP contribution in [0.1, 0.15) is 42.3 Å². The number of aromatic nitrogens is 2. The monoisotopic (exact) mass is 418 g/mol. The topological polar surface area (TPSA) is 47.1 Å². The van der Waals surface area contributed by atoms with Gasteiger partial charge in [-0.15, -0.1) is 0 Å². The van der Waals surface area contributed by atoms with Crippen LogP contribution in [0.2, 0.25) is 0 Å². The third-order valence-electron chi connectivity index (χ3n) is 5.95. The number of halogens is 6. The predicted molar refractivity (Wildman–Crippen MR) is 92.3 cm³/mol. The van der Waals surface area contributed by atoms with Gasteiger partial charge in [0.05, 0.1) is 6.54 Å². The summed E-state index contributed by atoms with van der Waals surface area (Å²) in [5.74, 6) is -3.26. The molecule has 29 heavy (non-hydrogen) atoms. The quantitative estimate of drug-likeness (QED) is 0.596. The van der Waals surface area contributed by atoms with Crippen LogP contribution in [0.15, 0.2) is 18.3 Å². The first-order valence-corrected chi connectivity index (χ1v) is 9.41. The summed E-state index contributed by atoms with van der Waals surface area (Å²) in [5.41, 5.74) is 5.41. The summed E-state index contributed by atoms with van der Waals surface area (Å²) in [4.78, 5) is 5.76. The van der Waals surface area contributed by atoms with Crippen LogP contribution in [0.4, 0.5) is 26.3 Å². The van der Waals surface area contributed by atoms with E-state index in [0.29, 0.717) is 44.2 Å². The molecule has 1 aliphatic carbocycles. The highest BCUT2D eigenvalue weighted by atomic mass is 19.4. The van der Waals surface area contributed by atoms with E-state index in [0.717, 1.165) is 12.3 Å². The number of hydrogen-bond acceptors (Lipinski definition) is 3. The van der Waals surface area contributed by atoms with E-state index in [1.54, 1.807) is 0 Å². The van der Waals surface area contributed by atoms with Gasteiger partial charge in [-0.2, -0.15) is 13.2 Å². The lowest BCUT2D eigenvalue weighted by atomic mass is 9.77. The molecular weight excluding hydrogens is 398 g/mol. The van der Waals surface area contributed by atoms with Crippen molar-refractivity contribution in [3.63, 3.8) is 0 Å². The van der Waals surface area contributed by atoms with Crippen molar-refractivity contribution >= 4 is 0 Å². The summed E-state index contributed by atoms with van der Waals surface area (Å²) in [6, 6.07) is 0.938. The molecule has 0 amide bonds. The van der Waals surface area contributed by atoms with Gasteiger partial charge in [0.1, 0.15) is 11.6 Å². The first-order chi connectivity index (χ1) is 13.6. The van der Waals surface area contributed by atoms with E-state index in [1.165, 1.54) is 4.57 Å². The Hall–Kier alpha value is -2.07. The molecule has 1 fully saturated rings.